The Hall–Kier alpha value is -1.37. The van der Waals surface area contributed by atoms with Gasteiger partial charge in [-0.25, -0.2) is 0 Å². The molecule has 6 nitrogen and oxygen atoms in total. The highest BCUT2D eigenvalue weighted by atomic mass is 32.1. The van der Waals surface area contributed by atoms with Crippen molar-refractivity contribution in [2.24, 2.45) is 11.5 Å². The van der Waals surface area contributed by atoms with Crippen LogP contribution in [0.3, 0.4) is 0 Å². The van der Waals surface area contributed by atoms with Crippen LogP contribution in [0.4, 0.5) is 0 Å². The minimum atomic E-state index is -0.833. The van der Waals surface area contributed by atoms with E-state index in [1.807, 2.05) is 0 Å². The van der Waals surface area contributed by atoms with Gasteiger partial charge in [-0.2, -0.15) is 0 Å². The second kappa shape index (κ2) is 6.75. The van der Waals surface area contributed by atoms with Gasteiger partial charge in [0.25, 0.3) is 5.97 Å². The molecule has 0 aromatic carbocycles. The van der Waals surface area contributed by atoms with E-state index in [0.29, 0.717) is 0 Å². The number of nitrogens with one attached hydrogen (secondary N) is 2. The van der Waals surface area contributed by atoms with Gasteiger partial charge in [0, 0.05) is 6.92 Å². The topological polar surface area (TPSA) is 125 Å². The highest BCUT2D eigenvalue weighted by Gasteiger charge is 1.83. The highest BCUT2D eigenvalue weighted by Crippen LogP contribution is 1.51. The summed E-state index contributed by atoms with van der Waals surface area (Å²) in [5.74, 6) is -1.06. The predicted octanol–water partition coefficient (Wildman–Crippen LogP) is -1.20. The Kier molecular flexibility index (Phi) is 7.56. The van der Waals surface area contributed by atoms with Crippen molar-refractivity contribution in [3.63, 3.8) is 0 Å². The molecule has 0 saturated carbocycles. The molecule has 0 unspecified atom stereocenters. The van der Waals surface area contributed by atoms with Crippen LogP contribution in [0.1, 0.15) is 6.92 Å². The second-order valence-corrected chi connectivity index (χ2v) is 1.86. The maximum atomic E-state index is 9.00. The molecule has 0 aliphatic heterocycles. The molecule has 0 saturated heterocycles. The first kappa shape index (κ1) is 12.3. The van der Waals surface area contributed by atoms with Crippen LogP contribution in [0.15, 0.2) is 0 Å². The molecule has 0 atom stereocenters. The third-order valence-corrected chi connectivity index (χ3v) is 0.360. The van der Waals surface area contributed by atoms with Crippen LogP contribution in [-0.2, 0) is 4.79 Å². The monoisotopic (exact) mass is 178 g/mol. The Morgan fingerprint density at radius 2 is 1.91 bits per heavy atom. The Balaban J connectivity index is 0. The number of aliphatic carboxylic acids is 1. The lowest BCUT2D eigenvalue weighted by molar-refractivity contribution is -0.134. The van der Waals surface area contributed by atoms with Gasteiger partial charge in [-0.3, -0.25) is 10.2 Å². The van der Waals surface area contributed by atoms with Crippen molar-refractivity contribution >= 4 is 29.3 Å². The van der Waals surface area contributed by atoms with E-state index in [4.69, 9.17) is 26.8 Å². The largest absolute Gasteiger partial charge is 0.481 e. The lowest BCUT2D eigenvalue weighted by Gasteiger charge is -1.95. The summed E-state index contributed by atoms with van der Waals surface area (Å²) < 4.78 is 0. The number of nitrogens with two attached hydrogens (primary N) is 2. The van der Waals surface area contributed by atoms with Gasteiger partial charge in [0.1, 0.15) is 0 Å². The number of rotatable bonds is 0. The lowest BCUT2D eigenvalue weighted by atomic mass is 10.9. The molecule has 0 radical (unpaired) electrons. The Bertz CT molecular complexity index is 153. The van der Waals surface area contributed by atoms with Crippen LogP contribution in [0.5, 0.6) is 0 Å². The first-order valence-electron chi connectivity index (χ1n) is 2.46. The number of hydrogen-bond donors (Lipinski definition) is 5. The molecule has 0 fully saturated rings. The minimum Gasteiger partial charge on any atom is -0.481 e. The molecule has 0 bridgehead atoms. The molecule has 0 aromatic heterocycles. The van der Waals surface area contributed by atoms with Crippen LogP contribution in [0, 0.1) is 5.41 Å². The van der Waals surface area contributed by atoms with E-state index in [-0.39, 0.29) is 11.1 Å². The van der Waals surface area contributed by atoms with Gasteiger partial charge in [0.15, 0.2) is 11.1 Å². The maximum Gasteiger partial charge on any atom is 0.300 e. The lowest BCUT2D eigenvalue weighted by Crippen LogP contribution is -2.39. The fourth-order valence-electron chi connectivity index (χ4n) is 0.133. The van der Waals surface area contributed by atoms with E-state index in [2.05, 4.69) is 17.5 Å². The zero-order valence-corrected chi connectivity index (χ0v) is 6.73. The molecule has 0 aliphatic carbocycles. The number of guanidine groups is 1. The van der Waals surface area contributed by atoms with Gasteiger partial charge >= 0.3 is 0 Å². The van der Waals surface area contributed by atoms with Crippen molar-refractivity contribution in [1.82, 2.24) is 5.32 Å². The number of carboxylic acid groups (broad SMARTS) is 1. The van der Waals surface area contributed by atoms with Crippen molar-refractivity contribution in [3.05, 3.63) is 0 Å². The number of thiocarbonyl (C=S) groups is 1. The third-order valence-electron chi connectivity index (χ3n) is 0.258. The first-order valence-corrected chi connectivity index (χ1v) is 2.87. The Labute approximate surface area is 69.1 Å². The molecule has 0 rings (SSSR count). The van der Waals surface area contributed by atoms with Gasteiger partial charge in [-0.1, -0.05) is 0 Å². The minimum absolute atomic E-state index is 0.0208. The van der Waals surface area contributed by atoms with Gasteiger partial charge in [-0.05, 0) is 12.2 Å². The zero-order chi connectivity index (χ0) is 9.44. The number of carboxylic acids is 1. The predicted molar refractivity (Wildman–Crippen MR) is 45.1 cm³/mol. The Morgan fingerprint density at radius 1 is 1.64 bits per heavy atom. The van der Waals surface area contributed by atoms with Crippen LogP contribution in [0.2, 0.25) is 0 Å². The number of carbonyl (C=O) groups is 1. The maximum absolute atomic E-state index is 9.00. The summed E-state index contributed by atoms with van der Waals surface area (Å²) in [5.41, 5.74) is 9.69. The molecule has 7 heteroatoms. The summed E-state index contributed by atoms with van der Waals surface area (Å²) in [4.78, 5) is 9.00. The van der Waals surface area contributed by atoms with Gasteiger partial charge < -0.3 is 21.9 Å². The van der Waals surface area contributed by atoms with Crippen LogP contribution >= 0.6 is 12.2 Å². The van der Waals surface area contributed by atoms with Gasteiger partial charge in [0.05, 0.1) is 0 Å². The third kappa shape index (κ3) is 54.8. The van der Waals surface area contributed by atoms with Crippen molar-refractivity contribution < 1.29 is 9.90 Å². The molecule has 0 aliphatic rings. The van der Waals surface area contributed by atoms with E-state index in [9.17, 15) is 0 Å². The molecule has 11 heavy (non-hydrogen) atoms. The SMILES string of the molecule is CC(=O)O.N=C(N)NC(N)=S. The average Bonchev–Trinajstić information content (AvgIpc) is 1.56. The van der Waals surface area contributed by atoms with Gasteiger partial charge in [-0.15, -0.1) is 0 Å². The highest BCUT2D eigenvalue weighted by molar-refractivity contribution is 7.80. The van der Waals surface area contributed by atoms with E-state index in [0.717, 1.165) is 6.92 Å². The van der Waals surface area contributed by atoms with E-state index < -0.39 is 5.97 Å². The molecular formula is C4H10N4O2S. The van der Waals surface area contributed by atoms with Gasteiger partial charge in [0.2, 0.25) is 0 Å². The molecule has 0 spiro atoms. The summed E-state index contributed by atoms with van der Waals surface area (Å²) in [6.07, 6.45) is 0. The van der Waals surface area contributed by atoms with E-state index in [1.54, 1.807) is 0 Å². The number of hydrogen-bond acceptors (Lipinski definition) is 3. The van der Waals surface area contributed by atoms with Crippen molar-refractivity contribution in [2.45, 2.75) is 6.92 Å². The molecule has 7 N–H and O–H groups in total. The standard InChI is InChI=1S/C2H6N4S.C2H4O2/c3-1(4)6-2(5)7;1-2(3)4/h(H6,3,4,5,6,7);1H3,(H,3,4). The van der Waals surface area contributed by atoms with Crippen LogP contribution in [-0.4, -0.2) is 22.1 Å². The molecule has 0 aromatic rings. The van der Waals surface area contributed by atoms with Crippen LogP contribution in [0.25, 0.3) is 0 Å². The average molecular weight is 178 g/mol. The quantitative estimate of drug-likeness (QED) is 0.180. The summed E-state index contributed by atoms with van der Waals surface area (Å²) in [7, 11) is 0. The normalized spacial score (nSPS) is 7.00. The van der Waals surface area contributed by atoms with Crippen LogP contribution < -0.4 is 16.8 Å². The smallest absolute Gasteiger partial charge is 0.300 e. The fraction of sp³-hybridized carbons (Fsp3) is 0.250. The van der Waals surface area contributed by atoms with E-state index >= 15 is 0 Å². The second-order valence-electron chi connectivity index (χ2n) is 1.42. The summed E-state index contributed by atoms with van der Waals surface area (Å²) in [5, 5.41) is 16.1. The zero-order valence-electron chi connectivity index (χ0n) is 5.92. The molecule has 0 heterocycles. The van der Waals surface area contributed by atoms with Crippen molar-refractivity contribution in [2.75, 3.05) is 0 Å². The van der Waals surface area contributed by atoms with Crippen molar-refractivity contribution in [3.8, 4) is 0 Å². The summed E-state index contributed by atoms with van der Waals surface area (Å²) in [6, 6.07) is 0. The fourth-order valence-corrected chi connectivity index (χ4v) is 0.243. The summed E-state index contributed by atoms with van der Waals surface area (Å²) in [6.45, 7) is 1.08. The summed E-state index contributed by atoms with van der Waals surface area (Å²) >= 11 is 4.32. The van der Waals surface area contributed by atoms with Crippen molar-refractivity contribution in [1.29, 1.82) is 5.41 Å². The first-order chi connectivity index (χ1) is 4.86. The molecule has 64 valence electrons. The molecule has 0 amide bonds. The Morgan fingerprint density at radius 3 is 1.91 bits per heavy atom. The van der Waals surface area contributed by atoms with E-state index in [1.165, 1.54) is 0 Å². The molecular weight excluding hydrogens is 168 g/mol.